The second kappa shape index (κ2) is 6.94. The van der Waals surface area contributed by atoms with Crippen LogP contribution in [0.2, 0.25) is 5.02 Å². The van der Waals surface area contributed by atoms with Gasteiger partial charge in [-0.05, 0) is 48.9 Å². The Balaban J connectivity index is 1.60. The van der Waals surface area contributed by atoms with Gasteiger partial charge >= 0.3 is 5.97 Å². The van der Waals surface area contributed by atoms with Gasteiger partial charge in [-0.2, -0.15) is 0 Å². The number of carbonyl (C=O) groups excluding carboxylic acids is 2. The first-order valence-electron chi connectivity index (χ1n) is 7.34. The largest absolute Gasteiger partial charge is 0.450 e. The van der Waals surface area contributed by atoms with Crippen molar-refractivity contribution in [1.29, 1.82) is 0 Å². The summed E-state index contributed by atoms with van der Waals surface area (Å²) >= 11 is 5.87. The zero-order valence-corrected chi connectivity index (χ0v) is 13.9. The molecule has 1 N–H and O–H groups in total. The predicted molar refractivity (Wildman–Crippen MR) is 91.3 cm³/mol. The minimum atomic E-state index is -0.780. The fraction of sp³-hybridized carbons (Fsp3) is 0.111. The number of amides is 1. The number of nitrogens with one attached hydrogen (secondary N) is 1. The molecule has 1 aromatic heterocycles. The molecule has 0 bridgehead atoms. The van der Waals surface area contributed by atoms with Gasteiger partial charge in [0.05, 0.1) is 0 Å². The molecule has 128 valence electrons. The summed E-state index contributed by atoms with van der Waals surface area (Å²) in [6.07, 6.45) is 0. The summed E-state index contributed by atoms with van der Waals surface area (Å²) in [6.45, 7) is 1.09. The van der Waals surface area contributed by atoms with Crippen molar-refractivity contribution in [1.82, 2.24) is 0 Å². The quantitative estimate of drug-likeness (QED) is 0.702. The summed E-state index contributed by atoms with van der Waals surface area (Å²) < 4.78 is 23.7. The zero-order chi connectivity index (χ0) is 18.0. The van der Waals surface area contributed by atoms with Crippen molar-refractivity contribution >= 4 is 40.1 Å². The molecule has 0 saturated heterocycles. The van der Waals surface area contributed by atoms with Gasteiger partial charge in [-0.15, -0.1) is 0 Å². The molecule has 0 spiro atoms. The van der Waals surface area contributed by atoms with Gasteiger partial charge in [-0.3, -0.25) is 4.79 Å². The molecule has 3 aromatic rings. The molecule has 0 aliphatic rings. The van der Waals surface area contributed by atoms with Crippen molar-refractivity contribution in [3.63, 3.8) is 0 Å². The molecule has 0 radical (unpaired) electrons. The minimum absolute atomic E-state index is 0.0357. The second-order valence-corrected chi connectivity index (χ2v) is 5.82. The molecule has 0 saturated carbocycles. The van der Waals surface area contributed by atoms with Gasteiger partial charge in [0.25, 0.3) is 5.91 Å². The Morgan fingerprint density at radius 3 is 2.76 bits per heavy atom. The lowest BCUT2D eigenvalue weighted by Gasteiger charge is -2.06. The number of halogens is 2. The van der Waals surface area contributed by atoms with E-state index in [4.69, 9.17) is 20.8 Å². The lowest BCUT2D eigenvalue weighted by Crippen LogP contribution is -2.20. The molecule has 7 heteroatoms. The van der Waals surface area contributed by atoms with Crippen molar-refractivity contribution < 1.29 is 23.1 Å². The first-order chi connectivity index (χ1) is 11.9. The standard InChI is InChI=1S/C18H13ClFNO4/c1-10-2-4-13(8-14(10)20)21-17(22)9-24-18(23)16-7-11-6-12(19)3-5-15(11)25-16/h2-8H,9H2,1H3,(H,21,22). The maximum atomic E-state index is 13.4. The van der Waals surface area contributed by atoms with Crippen LogP contribution in [-0.2, 0) is 9.53 Å². The minimum Gasteiger partial charge on any atom is -0.450 e. The van der Waals surface area contributed by atoms with Gasteiger partial charge in [0.15, 0.2) is 6.61 Å². The third-order valence-electron chi connectivity index (χ3n) is 3.47. The van der Waals surface area contributed by atoms with Gasteiger partial charge in [-0.1, -0.05) is 17.7 Å². The Labute approximate surface area is 147 Å². The van der Waals surface area contributed by atoms with Crippen LogP contribution in [0.4, 0.5) is 10.1 Å². The number of ether oxygens (including phenoxy) is 1. The highest BCUT2D eigenvalue weighted by Gasteiger charge is 2.16. The fourth-order valence-corrected chi connectivity index (χ4v) is 2.37. The van der Waals surface area contributed by atoms with E-state index >= 15 is 0 Å². The summed E-state index contributed by atoms with van der Waals surface area (Å²) in [7, 11) is 0. The fourth-order valence-electron chi connectivity index (χ4n) is 2.18. The average Bonchev–Trinajstić information content (AvgIpc) is 2.99. The molecule has 5 nitrogen and oxygen atoms in total. The number of rotatable bonds is 4. The predicted octanol–water partition coefficient (Wildman–Crippen LogP) is 4.33. The van der Waals surface area contributed by atoms with Gasteiger partial charge < -0.3 is 14.5 Å². The Hall–Kier alpha value is -2.86. The topological polar surface area (TPSA) is 68.5 Å². The van der Waals surface area contributed by atoms with Gasteiger partial charge in [0.2, 0.25) is 5.76 Å². The highest BCUT2D eigenvalue weighted by Crippen LogP contribution is 2.23. The van der Waals surface area contributed by atoms with Crippen LogP contribution in [0.1, 0.15) is 16.1 Å². The first-order valence-corrected chi connectivity index (χ1v) is 7.72. The van der Waals surface area contributed by atoms with Crippen LogP contribution in [0.5, 0.6) is 0 Å². The van der Waals surface area contributed by atoms with Crippen LogP contribution < -0.4 is 5.32 Å². The first kappa shape index (κ1) is 17.0. The lowest BCUT2D eigenvalue weighted by molar-refractivity contribution is -0.119. The van der Waals surface area contributed by atoms with E-state index in [1.54, 1.807) is 31.2 Å². The molecule has 3 rings (SSSR count). The van der Waals surface area contributed by atoms with Crippen LogP contribution in [-0.4, -0.2) is 18.5 Å². The summed E-state index contributed by atoms with van der Waals surface area (Å²) in [6, 6.07) is 10.7. The third-order valence-corrected chi connectivity index (χ3v) is 3.70. The summed E-state index contributed by atoms with van der Waals surface area (Å²) in [5, 5.41) is 3.61. The van der Waals surface area contributed by atoms with E-state index in [1.807, 2.05) is 0 Å². The Morgan fingerprint density at radius 1 is 1.20 bits per heavy atom. The Morgan fingerprint density at radius 2 is 2.00 bits per heavy atom. The zero-order valence-electron chi connectivity index (χ0n) is 13.1. The van der Waals surface area contributed by atoms with Crippen molar-refractivity contribution in [3.05, 3.63) is 64.6 Å². The number of fused-ring (bicyclic) bond motifs is 1. The molecule has 1 amide bonds. The van der Waals surface area contributed by atoms with Crippen LogP contribution in [0.3, 0.4) is 0 Å². The molecule has 0 aliphatic carbocycles. The van der Waals surface area contributed by atoms with Gasteiger partial charge in [0, 0.05) is 16.1 Å². The molecule has 25 heavy (non-hydrogen) atoms. The maximum absolute atomic E-state index is 13.4. The van der Waals surface area contributed by atoms with E-state index in [9.17, 15) is 14.0 Å². The molecule has 0 atom stereocenters. The third kappa shape index (κ3) is 3.97. The molecular weight excluding hydrogens is 349 g/mol. The highest BCUT2D eigenvalue weighted by atomic mass is 35.5. The number of benzene rings is 2. The Kier molecular flexibility index (Phi) is 4.72. The SMILES string of the molecule is Cc1ccc(NC(=O)COC(=O)c2cc3cc(Cl)ccc3o2)cc1F. The van der Waals surface area contributed by atoms with E-state index in [1.165, 1.54) is 18.2 Å². The summed E-state index contributed by atoms with van der Waals surface area (Å²) in [5.41, 5.74) is 1.23. The van der Waals surface area contributed by atoms with Crippen molar-refractivity contribution in [2.24, 2.45) is 0 Å². The summed E-state index contributed by atoms with van der Waals surface area (Å²) in [4.78, 5) is 23.8. The molecule has 2 aromatic carbocycles. The lowest BCUT2D eigenvalue weighted by atomic mass is 10.2. The van der Waals surface area contributed by atoms with Crippen LogP contribution in [0.25, 0.3) is 11.0 Å². The number of furan rings is 1. The number of esters is 1. The van der Waals surface area contributed by atoms with Gasteiger partial charge in [-0.25, -0.2) is 9.18 Å². The van der Waals surface area contributed by atoms with Gasteiger partial charge in [0.1, 0.15) is 11.4 Å². The number of aryl methyl sites for hydroxylation is 1. The van der Waals surface area contributed by atoms with Crippen LogP contribution >= 0.6 is 11.6 Å². The molecule has 0 unspecified atom stereocenters. The van der Waals surface area contributed by atoms with Crippen molar-refractivity contribution in [2.45, 2.75) is 6.92 Å². The maximum Gasteiger partial charge on any atom is 0.374 e. The molecule has 0 fully saturated rings. The van der Waals surface area contributed by atoms with E-state index in [0.29, 0.717) is 21.6 Å². The molecular formula is C18H13ClFNO4. The second-order valence-electron chi connectivity index (χ2n) is 5.38. The molecule has 0 aliphatic heterocycles. The Bertz CT molecular complexity index is 967. The van der Waals surface area contributed by atoms with Crippen LogP contribution in [0, 0.1) is 12.7 Å². The molecule has 1 heterocycles. The monoisotopic (exact) mass is 361 g/mol. The van der Waals surface area contributed by atoms with E-state index in [-0.39, 0.29) is 11.4 Å². The van der Waals surface area contributed by atoms with Crippen molar-refractivity contribution in [3.8, 4) is 0 Å². The van der Waals surface area contributed by atoms with E-state index < -0.39 is 24.3 Å². The van der Waals surface area contributed by atoms with E-state index in [0.717, 1.165) is 0 Å². The summed E-state index contributed by atoms with van der Waals surface area (Å²) in [5.74, 6) is -1.84. The number of hydrogen-bond acceptors (Lipinski definition) is 4. The average molecular weight is 362 g/mol. The highest BCUT2D eigenvalue weighted by molar-refractivity contribution is 6.31. The number of hydrogen-bond donors (Lipinski definition) is 1. The van der Waals surface area contributed by atoms with E-state index in [2.05, 4.69) is 5.32 Å². The normalized spacial score (nSPS) is 10.7. The van der Waals surface area contributed by atoms with Crippen molar-refractivity contribution in [2.75, 3.05) is 11.9 Å². The number of carbonyl (C=O) groups is 2. The number of anilines is 1. The smallest absolute Gasteiger partial charge is 0.374 e. The van der Waals surface area contributed by atoms with Crippen LogP contribution in [0.15, 0.2) is 46.9 Å².